The Labute approximate surface area is 182 Å². The molecule has 13 heteroatoms. The van der Waals surface area contributed by atoms with Crippen LogP contribution in [0.4, 0.5) is 32.4 Å². The number of urea groups is 1. The molecular weight excluding hydrogens is 451 g/mol. The zero-order valence-electron chi connectivity index (χ0n) is 16.8. The van der Waals surface area contributed by atoms with Gasteiger partial charge in [-0.25, -0.2) is 23.5 Å². The van der Waals surface area contributed by atoms with Crippen LogP contribution in [-0.2, 0) is 12.7 Å². The molecule has 3 aromatic heterocycles. The first-order chi connectivity index (χ1) is 15.6. The highest BCUT2D eigenvalue weighted by atomic mass is 19.4. The van der Waals surface area contributed by atoms with E-state index in [1.807, 2.05) is 0 Å². The Balaban J connectivity index is 1.53. The maximum atomic E-state index is 14.6. The number of carbonyl (C=O) groups excluding carboxylic acids is 1. The van der Waals surface area contributed by atoms with Crippen LogP contribution in [0.25, 0.3) is 11.0 Å². The number of fused-ring (bicyclic) bond motifs is 1. The summed E-state index contributed by atoms with van der Waals surface area (Å²) in [5.41, 5.74) is -0.700. The van der Waals surface area contributed by atoms with E-state index in [9.17, 15) is 26.7 Å². The number of amides is 2. The average molecular weight is 466 g/mol. The van der Waals surface area contributed by atoms with E-state index in [4.69, 9.17) is 4.74 Å². The van der Waals surface area contributed by atoms with Crippen molar-refractivity contribution in [1.29, 1.82) is 0 Å². The third-order valence-electron chi connectivity index (χ3n) is 4.48. The third-order valence-corrected chi connectivity index (χ3v) is 4.48. The number of anilines is 1. The lowest BCUT2D eigenvalue weighted by molar-refractivity contribution is -0.136. The number of rotatable bonds is 5. The van der Waals surface area contributed by atoms with Gasteiger partial charge in [-0.2, -0.15) is 13.2 Å². The second-order valence-corrected chi connectivity index (χ2v) is 6.92. The minimum atomic E-state index is -4.74. The Morgan fingerprint density at radius 2 is 1.91 bits per heavy atom. The summed E-state index contributed by atoms with van der Waals surface area (Å²) in [5.74, 6) is -3.37. The molecule has 1 aromatic carbocycles. The summed E-state index contributed by atoms with van der Waals surface area (Å²) in [4.78, 5) is 25.0. The van der Waals surface area contributed by atoms with Crippen molar-refractivity contribution in [2.45, 2.75) is 19.6 Å². The maximum absolute atomic E-state index is 14.6. The van der Waals surface area contributed by atoms with Crippen molar-refractivity contribution in [2.24, 2.45) is 0 Å². The minimum Gasteiger partial charge on any atom is -0.450 e. The van der Waals surface area contributed by atoms with Crippen LogP contribution in [0.2, 0.25) is 0 Å². The van der Waals surface area contributed by atoms with Crippen LogP contribution in [-0.4, -0.2) is 26.0 Å². The summed E-state index contributed by atoms with van der Waals surface area (Å²) >= 11 is 0. The van der Waals surface area contributed by atoms with Gasteiger partial charge < -0.3 is 25.3 Å². The second kappa shape index (κ2) is 8.41. The van der Waals surface area contributed by atoms with Crippen molar-refractivity contribution in [1.82, 2.24) is 25.3 Å². The Bertz CT molecular complexity index is 1310. The Hall–Kier alpha value is -4.16. The van der Waals surface area contributed by atoms with Crippen molar-refractivity contribution < 1.29 is 31.5 Å². The van der Waals surface area contributed by atoms with Gasteiger partial charge in [0.1, 0.15) is 17.2 Å². The van der Waals surface area contributed by atoms with Crippen molar-refractivity contribution in [3.63, 3.8) is 0 Å². The number of pyridine rings is 1. The van der Waals surface area contributed by atoms with Gasteiger partial charge in [0.2, 0.25) is 0 Å². The number of nitrogens with zero attached hydrogens (tertiary/aromatic N) is 2. The molecule has 4 rings (SSSR count). The first-order valence-corrected chi connectivity index (χ1v) is 9.37. The largest absolute Gasteiger partial charge is 0.450 e. The molecule has 0 radical (unpaired) electrons. The lowest BCUT2D eigenvalue weighted by atomic mass is 10.2. The molecule has 8 nitrogen and oxygen atoms in total. The highest BCUT2D eigenvalue weighted by Crippen LogP contribution is 2.40. The molecule has 0 saturated heterocycles. The molecule has 0 atom stereocenters. The molecule has 0 bridgehead atoms. The van der Waals surface area contributed by atoms with Crippen LogP contribution >= 0.6 is 0 Å². The lowest BCUT2D eigenvalue weighted by Crippen LogP contribution is -2.28. The zero-order chi connectivity index (χ0) is 23.8. The predicted octanol–water partition coefficient (Wildman–Crippen LogP) is 5.01. The molecule has 4 aromatic rings. The van der Waals surface area contributed by atoms with Gasteiger partial charge in [0.25, 0.3) is 0 Å². The van der Waals surface area contributed by atoms with E-state index in [0.717, 1.165) is 30.1 Å². The van der Waals surface area contributed by atoms with E-state index in [-0.39, 0.29) is 17.9 Å². The summed E-state index contributed by atoms with van der Waals surface area (Å²) in [5, 5.41) is 4.24. The molecule has 0 spiro atoms. The second-order valence-electron chi connectivity index (χ2n) is 6.92. The molecule has 4 N–H and O–H groups in total. The predicted molar refractivity (Wildman–Crippen MR) is 107 cm³/mol. The summed E-state index contributed by atoms with van der Waals surface area (Å²) in [6.45, 7) is 1.82. The van der Waals surface area contributed by atoms with Gasteiger partial charge in [-0.3, -0.25) is 0 Å². The average Bonchev–Trinajstić information content (AvgIpc) is 3.35. The van der Waals surface area contributed by atoms with Crippen LogP contribution in [0.5, 0.6) is 11.5 Å². The molecule has 172 valence electrons. The molecule has 0 saturated carbocycles. The number of carbonyl (C=O) groups is 1. The Kier molecular flexibility index (Phi) is 5.62. The SMILES string of the molecule is Cc1cnc(CNC(=O)Nc2cc(F)c(Oc3ccnc4[nH]cc(C(F)(F)F)c34)c(F)c2)[nH]1. The summed E-state index contributed by atoms with van der Waals surface area (Å²) in [6.07, 6.45) is -1.36. The third kappa shape index (κ3) is 4.71. The topological polar surface area (TPSA) is 108 Å². The number of benzene rings is 1. The number of halogens is 5. The molecule has 0 aliphatic carbocycles. The molecule has 0 fully saturated rings. The number of nitrogens with one attached hydrogen (secondary N) is 4. The van der Waals surface area contributed by atoms with E-state index in [1.54, 1.807) is 13.1 Å². The van der Waals surface area contributed by atoms with Crippen LogP contribution in [0, 0.1) is 18.6 Å². The molecule has 3 heterocycles. The number of H-pyrrole nitrogens is 2. The van der Waals surface area contributed by atoms with E-state index in [2.05, 4.69) is 30.6 Å². The summed E-state index contributed by atoms with van der Waals surface area (Å²) in [7, 11) is 0. The van der Waals surface area contributed by atoms with E-state index in [0.29, 0.717) is 12.0 Å². The first-order valence-electron chi connectivity index (χ1n) is 9.37. The Morgan fingerprint density at radius 3 is 2.55 bits per heavy atom. The van der Waals surface area contributed by atoms with Gasteiger partial charge in [0.15, 0.2) is 17.4 Å². The number of imidazole rings is 1. The normalized spacial score (nSPS) is 11.6. The number of aromatic amines is 2. The molecule has 0 aliphatic rings. The van der Waals surface area contributed by atoms with E-state index in [1.165, 1.54) is 0 Å². The van der Waals surface area contributed by atoms with Crippen LogP contribution < -0.4 is 15.4 Å². The smallest absolute Gasteiger partial charge is 0.418 e. The number of ether oxygens (including phenoxy) is 1. The fraction of sp³-hybridized carbons (Fsp3) is 0.150. The highest BCUT2D eigenvalue weighted by Gasteiger charge is 2.35. The zero-order valence-corrected chi connectivity index (χ0v) is 16.8. The quantitative estimate of drug-likeness (QED) is 0.310. The molecule has 0 aliphatic heterocycles. The fourth-order valence-electron chi connectivity index (χ4n) is 3.07. The van der Waals surface area contributed by atoms with Gasteiger partial charge in [-0.05, 0) is 13.0 Å². The van der Waals surface area contributed by atoms with Gasteiger partial charge in [-0.15, -0.1) is 0 Å². The number of alkyl halides is 3. The maximum Gasteiger partial charge on any atom is 0.418 e. The number of hydrogen-bond donors (Lipinski definition) is 4. The highest BCUT2D eigenvalue weighted by molar-refractivity contribution is 5.89. The van der Waals surface area contributed by atoms with Crippen LogP contribution in [0.3, 0.4) is 0 Å². The van der Waals surface area contributed by atoms with Gasteiger partial charge in [0.05, 0.1) is 17.5 Å². The Morgan fingerprint density at radius 1 is 1.18 bits per heavy atom. The van der Waals surface area contributed by atoms with E-state index < -0.39 is 46.3 Å². The van der Waals surface area contributed by atoms with Crippen molar-refractivity contribution in [3.05, 3.63) is 65.5 Å². The molecule has 33 heavy (non-hydrogen) atoms. The van der Waals surface area contributed by atoms with E-state index >= 15 is 0 Å². The minimum absolute atomic E-state index is 0.0437. The van der Waals surface area contributed by atoms with Crippen molar-refractivity contribution in [3.8, 4) is 11.5 Å². The molecule has 2 amide bonds. The standard InChI is InChI=1S/C20H15F5N6O2/c1-9-6-27-15(30-9)8-29-19(32)31-10-4-12(21)17(13(22)5-10)33-14-2-3-26-18-16(14)11(7-28-18)20(23,24)25/h2-7H,8H2,1H3,(H,26,28)(H,27,30)(H2,29,31,32). The van der Waals surface area contributed by atoms with Gasteiger partial charge in [0, 0.05) is 42.1 Å². The van der Waals surface area contributed by atoms with Gasteiger partial charge in [-0.1, -0.05) is 0 Å². The monoisotopic (exact) mass is 466 g/mol. The number of hydrogen-bond acceptors (Lipinski definition) is 4. The summed E-state index contributed by atoms with van der Waals surface area (Å²) in [6, 6.07) is 1.85. The summed E-state index contributed by atoms with van der Waals surface area (Å²) < 4.78 is 74.1. The van der Waals surface area contributed by atoms with Crippen molar-refractivity contribution in [2.75, 3.05) is 5.32 Å². The van der Waals surface area contributed by atoms with Crippen LogP contribution in [0.1, 0.15) is 17.1 Å². The number of aromatic nitrogens is 4. The van der Waals surface area contributed by atoms with Crippen molar-refractivity contribution >= 4 is 22.8 Å². The number of aryl methyl sites for hydroxylation is 1. The fourth-order valence-corrected chi connectivity index (χ4v) is 3.07. The molecule has 0 unspecified atom stereocenters. The van der Waals surface area contributed by atoms with Crippen LogP contribution in [0.15, 0.2) is 36.8 Å². The molecular formula is C20H15F5N6O2. The first kappa shape index (κ1) is 22.0. The van der Waals surface area contributed by atoms with Gasteiger partial charge >= 0.3 is 12.2 Å². The lowest BCUT2D eigenvalue weighted by Gasteiger charge is -2.13.